The number of hydrogen-bond donors (Lipinski definition) is 2. The average molecular weight is 371 g/mol. The summed E-state index contributed by atoms with van der Waals surface area (Å²) in [6, 6.07) is 18.7. The molecule has 140 valence electrons. The third-order valence-corrected chi connectivity index (χ3v) is 4.73. The van der Waals surface area contributed by atoms with Gasteiger partial charge in [0.15, 0.2) is 0 Å². The number of nitrogens with zero attached hydrogens (tertiary/aromatic N) is 1. The lowest BCUT2D eigenvalue weighted by atomic mass is 10.1. The van der Waals surface area contributed by atoms with Crippen molar-refractivity contribution in [3.05, 3.63) is 78.0 Å². The lowest BCUT2D eigenvalue weighted by Crippen LogP contribution is -2.13. The Morgan fingerprint density at radius 2 is 1.54 bits per heavy atom. The first-order valence-electron chi connectivity index (χ1n) is 9.34. The Balaban J connectivity index is 1.41. The normalized spacial score (nSPS) is 13.0. The van der Waals surface area contributed by atoms with Crippen LogP contribution < -0.4 is 10.6 Å². The van der Waals surface area contributed by atoms with E-state index in [0.717, 1.165) is 35.3 Å². The fourth-order valence-corrected chi connectivity index (χ4v) is 2.86. The van der Waals surface area contributed by atoms with Crippen molar-refractivity contribution < 1.29 is 9.59 Å². The molecule has 5 nitrogen and oxygen atoms in total. The summed E-state index contributed by atoms with van der Waals surface area (Å²) < 4.78 is 0. The third-order valence-electron chi connectivity index (χ3n) is 4.73. The number of carbonyl (C=O) groups is 2. The molecular formula is C23H21N3O2. The first-order chi connectivity index (χ1) is 13.6. The number of benzene rings is 2. The van der Waals surface area contributed by atoms with Crippen LogP contribution in [0.4, 0.5) is 11.4 Å². The molecule has 2 aromatic carbocycles. The van der Waals surface area contributed by atoms with Gasteiger partial charge in [-0.25, -0.2) is 0 Å². The van der Waals surface area contributed by atoms with E-state index in [4.69, 9.17) is 0 Å². The molecule has 3 aromatic rings. The summed E-state index contributed by atoms with van der Waals surface area (Å²) in [7, 11) is 0. The molecule has 1 aliphatic carbocycles. The minimum Gasteiger partial charge on any atom is -0.324 e. The Morgan fingerprint density at radius 1 is 0.857 bits per heavy atom. The van der Waals surface area contributed by atoms with E-state index >= 15 is 0 Å². The standard InChI is InChI=1S/C23H21N3O2/c1-15-2-10-19(11-3-15)25-22(27)17-6-4-16(5-7-17)21-13-12-20(14-24-21)26-23(28)18-8-9-18/h2-7,10-14,18H,8-9H2,1H3,(H,25,27)(H,26,28). The van der Waals surface area contributed by atoms with Gasteiger partial charge in [0, 0.05) is 22.7 Å². The molecule has 1 heterocycles. The van der Waals surface area contributed by atoms with E-state index in [1.54, 1.807) is 18.3 Å². The van der Waals surface area contributed by atoms with Crippen LogP contribution in [0.25, 0.3) is 11.3 Å². The van der Waals surface area contributed by atoms with E-state index < -0.39 is 0 Å². The van der Waals surface area contributed by atoms with Gasteiger partial charge in [-0.15, -0.1) is 0 Å². The Morgan fingerprint density at radius 3 is 2.14 bits per heavy atom. The van der Waals surface area contributed by atoms with Crippen molar-refractivity contribution in [3.8, 4) is 11.3 Å². The molecule has 0 radical (unpaired) electrons. The minimum absolute atomic E-state index is 0.0680. The van der Waals surface area contributed by atoms with Gasteiger partial charge in [0.1, 0.15) is 0 Å². The Kier molecular flexibility index (Phi) is 4.89. The SMILES string of the molecule is Cc1ccc(NC(=O)c2ccc(-c3ccc(NC(=O)C4CC4)cn3)cc2)cc1. The topological polar surface area (TPSA) is 71.1 Å². The number of pyridine rings is 1. The maximum atomic E-state index is 12.4. The van der Waals surface area contributed by atoms with Gasteiger partial charge in [0.2, 0.25) is 5.91 Å². The third kappa shape index (κ3) is 4.26. The molecule has 0 aliphatic heterocycles. The van der Waals surface area contributed by atoms with Crippen LogP contribution >= 0.6 is 0 Å². The van der Waals surface area contributed by atoms with Crippen LogP contribution in [0.15, 0.2) is 66.9 Å². The van der Waals surface area contributed by atoms with Gasteiger partial charge in [0.05, 0.1) is 17.6 Å². The second-order valence-corrected chi connectivity index (χ2v) is 7.09. The smallest absolute Gasteiger partial charge is 0.255 e. The summed E-state index contributed by atoms with van der Waals surface area (Å²) in [6.45, 7) is 2.01. The van der Waals surface area contributed by atoms with Crippen molar-refractivity contribution in [2.45, 2.75) is 19.8 Å². The maximum absolute atomic E-state index is 12.4. The lowest BCUT2D eigenvalue weighted by molar-refractivity contribution is -0.117. The van der Waals surface area contributed by atoms with E-state index in [1.807, 2.05) is 55.5 Å². The molecule has 1 fully saturated rings. The van der Waals surface area contributed by atoms with Crippen LogP contribution in [-0.4, -0.2) is 16.8 Å². The lowest BCUT2D eigenvalue weighted by Gasteiger charge is -2.08. The summed E-state index contributed by atoms with van der Waals surface area (Å²) in [5.74, 6) is 0.0817. The largest absolute Gasteiger partial charge is 0.324 e. The van der Waals surface area contributed by atoms with E-state index in [0.29, 0.717) is 11.3 Å². The summed E-state index contributed by atoms with van der Waals surface area (Å²) >= 11 is 0. The Labute approximate surface area is 163 Å². The van der Waals surface area contributed by atoms with Gasteiger partial charge in [-0.1, -0.05) is 29.8 Å². The number of anilines is 2. The molecule has 28 heavy (non-hydrogen) atoms. The molecule has 0 atom stereocenters. The molecule has 0 unspecified atom stereocenters. The zero-order valence-electron chi connectivity index (χ0n) is 15.6. The van der Waals surface area contributed by atoms with Gasteiger partial charge in [-0.2, -0.15) is 0 Å². The fraction of sp³-hybridized carbons (Fsp3) is 0.174. The first-order valence-corrected chi connectivity index (χ1v) is 9.34. The van der Waals surface area contributed by atoms with Crippen molar-refractivity contribution in [1.29, 1.82) is 0 Å². The number of nitrogens with one attached hydrogen (secondary N) is 2. The predicted molar refractivity (Wildman–Crippen MR) is 110 cm³/mol. The fourth-order valence-electron chi connectivity index (χ4n) is 2.86. The monoisotopic (exact) mass is 371 g/mol. The highest BCUT2D eigenvalue weighted by Gasteiger charge is 2.29. The number of amides is 2. The van der Waals surface area contributed by atoms with Gasteiger partial charge in [-0.05, 0) is 56.2 Å². The molecule has 1 saturated carbocycles. The molecule has 0 spiro atoms. The van der Waals surface area contributed by atoms with Crippen LogP contribution in [0, 0.1) is 12.8 Å². The molecular weight excluding hydrogens is 350 g/mol. The van der Waals surface area contributed by atoms with Crippen molar-refractivity contribution in [2.75, 3.05) is 10.6 Å². The van der Waals surface area contributed by atoms with Crippen molar-refractivity contribution in [1.82, 2.24) is 4.98 Å². The molecule has 0 saturated heterocycles. The van der Waals surface area contributed by atoms with E-state index in [-0.39, 0.29) is 17.7 Å². The Bertz CT molecular complexity index is 990. The second kappa shape index (κ2) is 7.64. The summed E-state index contributed by atoms with van der Waals surface area (Å²) in [6.07, 6.45) is 3.61. The van der Waals surface area contributed by atoms with Gasteiger partial charge in [0.25, 0.3) is 5.91 Å². The number of aromatic nitrogens is 1. The number of carbonyl (C=O) groups excluding carboxylic acids is 2. The molecule has 2 N–H and O–H groups in total. The summed E-state index contributed by atoms with van der Waals surface area (Å²) in [5, 5.41) is 5.77. The zero-order valence-corrected chi connectivity index (χ0v) is 15.6. The second-order valence-electron chi connectivity index (χ2n) is 7.09. The highest BCUT2D eigenvalue weighted by Crippen LogP contribution is 2.30. The van der Waals surface area contributed by atoms with Crippen LogP contribution in [0.2, 0.25) is 0 Å². The van der Waals surface area contributed by atoms with Crippen LogP contribution in [0.5, 0.6) is 0 Å². The predicted octanol–water partition coefficient (Wildman–Crippen LogP) is 4.66. The van der Waals surface area contributed by atoms with Gasteiger partial charge < -0.3 is 10.6 Å². The summed E-state index contributed by atoms with van der Waals surface area (Å²) in [4.78, 5) is 28.6. The molecule has 5 heteroatoms. The minimum atomic E-state index is -0.151. The first kappa shape index (κ1) is 17.9. The Hall–Kier alpha value is -3.47. The number of hydrogen-bond acceptors (Lipinski definition) is 3. The average Bonchev–Trinajstić information content (AvgIpc) is 3.56. The molecule has 2 amide bonds. The van der Waals surface area contributed by atoms with Crippen LogP contribution in [0.1, 0.15) is 28.8 Å². The van der Waals surface area contributed by atoms with Crippen molar-refractivity contribution in [2.24, 2.45) is 5.92 Å². The van der Waals surface area contributed by atoms with Crippen molar-refractivity contribution in [3.63, 3.8) is 0 Å². The zero-order chi connectivity index (χ0) is 19.5. The van der Waals surface area contributed by atoms with E-state index in [2.05, 4.69) is 15.6 Å². The van der Waals surface area contributed by atoms with Gasteiger partial charge in [-0.3, -0.25) is 14.6 Å². The highest BCUT2D eigenvalue weighted by molar-refractivity contribution is 6.04. The van der Waals surface area contributed by atoms with Crippen molar-refractivity contribution >= 4 is 23.2 Å². The van der Waals surface area contributed by atoms with Gasteiger partial charge >= 0.3 is 0 Å². The summed E-state index contributed by atoms with van der Waals surface area (Å²) in [5.41, 5.74) is 4.90. The molecule has 0 bridgehead atoms. The van der Waals surface area contributed by atoms with Crippen LogP contribution in [0.3, 0.4) is 0 Å². The molecule has 1 aromatic heterocycles. The van der Waals surface area contributed by atoms with Crippen LogP contribution in [-0.2, 0) is 4.79 Å². The number of rotatable bonds is 5. The van der Waals surface area contributed by atoms with E-state index in [1.165, 1.54) is 0 Å². The highest BCUT2D eigenvalue weighted by atomic mass is 16.2. The number of aryl methyl sites for hydroxylation is 1. The quantitative estimate of drug-likeness (QED) is 0.685. The molecule has 1 aliphatic rings. The maximum Gasteiger partial charge on any atom is 0.255 e. The molecule has 4 rings (SSSR count). The van der Waals surface area contributed by atoms with E-state index in [9.17, 15) is 9.59 Å².